The first-order chi connectivity index (χ1) is 17.5. The predicted octanol–water partition coefficient (Wildman–Crippen LogP) is 7.66. The first kappa shape index (κ1) is 31.3. The van der Waals surface area contributed by atoms with Gasteiger partial charge in [0.25, 0.3) is 0 Å². The van der Waals surface area contributed by atoms with Gasteiger partial charge in [0.05, 0.1) is 13.7 Å². The molecular weight excluding hydrogens is 444 g/mol. The zero-order chi connectivity index (χ0) is 26.8. The highest BCUT2D eigenvalue weighted by Gasteiger charge is 2.25. The summed E-state index contributed by atoms with van der Waals surface area (Å²) in [5.41, 5.74) is 4.19. The number of nitrogens with one attached hydrogen (secondary N) is 1. The molecule has 0 spiro atoms. The average Bonchev–Trinajstić information content (AvgIpc) is 3.41. The zero-order valence-corrected chi connectivity index (χ0v) is 23.7. The van der Waals surface area contributed by atoms with Crippen molar-refractivity contribution >= 4 is 11.6 Å². The molecule has 1 saturated heterocycles. The lowest BCUT2D eigenvalue weighted by Gasteiger charge is -2.18. The monoisotopic (exact) mass is 494 g/mol. The summed E-state index contributed by atoms with van der Waals surface area (Å²) >= 11 is 0. The fraction of sp³-hybridized carbons (Fsp3) is 0.531. The number of nitrogens with zero attached hydrogens (tertiary/aromatic N) is 1. The molecule has 0 aromatic heterocycles. The zero-order valence-electron chi connectivity index (χ0n) is 23.7. The van der Waals surface area contributed by atoms with Crippen molar-refractivity contribution < 1.29 is 9.53 Å². The van der Waals surface area contributed by atoms with Crippen molar-refractivity contribution in [1.29, 1.82) is 0 Å². The Labute approximate surface area is 221 Å². The van der Waals surface area contributed by atoms with E-state index in [1.165, 1.54) is 37.7 Å². The molecule has 1 atom stereocenters. The van der Waals surface area contributed by atoms with Gasteiger partial charge in [-0.2, -0.15) is 0 Å². The molecule has 2 aromatic carbocycles. The van der Waals surface area contributed by atoms with Crippen molar-refractivity contribution in [3.63, 3.8) is 0 Å². The normalized spacial score (nSPS) is 14.2. The van der Waals surface area contributed by atoms with Crippen LogP contribution in [-0.2, 0) is 11.2 Å². The number of hydrogen-bond donors (Lipinski definition) is 1. The molecule has 4 nitrogen and oxygen atoms in total. The van der Waals surface area contributed by atoms with Gasteiger partial charge in [-0.15, -0.1) is 0 Å². The summed E-state index contributed by atoms with van der Waals surface area (Å²) in [7, 11) is 1.66. The fourth-order valence-corrected chi connectivity index (χ4v) is 4.11. The molecule has 2 aromatic rings. The second kappa shape index (κ2) is 18.5. The minimum Gasteiger partial charge on any atom is -0.496 e. The van der Waals surface area contributed by atoms with Crippen LogP contribution in [0.15, 0.2) is 55.1 Å². The fourth-order valence-electron chi connectivity index (χ4n) is 4.11. The second-order valence-electron chi connectivity index (χ2n) is 9.24. The topological polar surface area (TPSA) is 41.6 Å². The number of methoxy groups -OCH3 is 1. The van der Waals surface area contributed by atoms with Crippen LogP contribution in [0.1, 0.15) is 82.9 Å². The van der Waals surface area contributed by atoms with Crippen LogP contribution in [0, 0.1) is 12.8 Å². The number of ether oxygens (including phenoxy) is 1. The number of amides is 1. The Morgan fingerprint density at radius 2 is 1.78 bits per heavy atom. The van der Waals surface area contributed by atoms with E-state index in [-0.39, 0.29) is 12.5 Å². The maximum atomic E-state index is 12.6. The van der Waals surface area contributed by atoms with Crippen molar-refractivity contribution in [1.82, 2.24) is 10.2 Å². The summed E-state index contributed by atoms with van der Waals surface area (Å²) in [4.78, 5) is 14.6. The molecule has 1 unspecified atom stereocenters. The second-order valence-corrected chi connectivity index (χ2v) is 9.24. The van der Waals surface area contributed by atoms with Crippen LogP contribution in [0.3, 0.4) is 0 Å². The summed E-state index contributed by atoms with van der Waals surface area (Å²) < 4.78 is 5.38. The Kier molecular flexibility index (Phi) is 16.1. The van der Waals surface area contributed by atoms with Crippen molar-refractivity contribution in [3.8, 4) is 5.75 Å². The lowest BCUT2D eigenvalue weighted by molar-refractivity contribution is -0.129. The Bertz CT molecular complexity index is 877. The number of unbranched alkanes of at least 4 members (excludes halogenated alkanes) is 2. The number of carbonyl (C=O) groups excluding carboxylic acids is 1. The third-order valence-electron chi connectivity index (χ3n) is 6.52. The van der Waals surface area contributed by atoms with E-state index in [0.717, 1.165) is 48.5 Å². The molecule has 200 valence electrons. The van der Waals surface area contributed by atoms with Gasteiger partial charge in [-0.3, -0.25) is 4.79 Å². The van der Waals surface area contributed by atoms with Crippen molar-refractivity contribution in [2.45, 2.75) is 79.6 Å². The maximum absolute atomic E-state index is 12.6. The van der Waals surface area contributed by atoms with Crippen LogP contribution in [0.5, 0.6) is 5.75 Å². The highest BCUT2D eigenvalue weighted by atomic mass is 16.5. The largest absolute Gasteiger partial charge is 0.496 e. The van der Waals surface area contributed by atoms with Gasteiger partial charge in [0, 0.05) is 24.4 Å². The van der Waals surface area contributed by atoms with E-state index in [0.29, 0.717) is 5.92 Å². The molecule has 0 saturated carbocycles. The highest BCUT2D eigenvalue weighted by Crippen LogP contribution is 2.24. The third kappa shape index (κ3) is 11.3. The van der Waals surface area contributed by atoms with Crippen LogP contribution in [0.2, 0.25) is 0 Å². The first-order valence-electron chi connectivity index (χ1n) is 13.9. The minimum atomic E-state index is 0.155. The molecule has 0 radical (unpaired) electrons. The molecule has 1 N–H and O–H groups in total. The van der Waals surface area contributed by atoms with Gasteiger partial charge in [0.15, 0.2) is 0 Å². The molecule has 1 fully saturated rings. The molecule has 0 bridgehead atoms. The molecule has 0 aliphatic carbocycles. The number of carbonyl (C=O) groups is 1. The van der Waals surface area contributed by atoms with Crippen molar-refractivity contribution in [2.75, 3.05) is 26.7 Å². The van der Waals surface area contributed by atoms with E-state index < -0.39 is 0 Å². The molecule has 36 heavy (non-hydrogen) atoms. The standard InChI is InChI=1S/C26H34N2O2.C4H10.C2H6/c1-20-13-14-24(17-25(20)30-3)21(2)27-18-26(29)28-16-15-23(19-28)12-8-7-11-22-9-5-4-6-10-22;1-3-4-2;1-2/h4-6,9-10,13-14,17,23,27H,2,7-8,11-12,15-16,18-19H2,1,3H3;3-4H2,1-2H3;1-2H3. The van der Waals surface area contributed by atoms with Gasteiger partial charge >= 0.3 is 0 Å². The third-order valence-corrected chi connectivity index (χ3v) is 6.52. The van der Waals surface area contributed by atoms with E-state index in [2.05, 4.69) is 56.1 Å². The van der Waals surface area contributed by atoms with E-state index in [1.54, 1.807) is 7.11 Å². The van der Waals surface area contributed by atoms with Gasteiger partial charge in [-0.25, -0.2) is 0 Å². The van der Waals surface area contributed by atoms with E-state index in [1.807, 2.05) is 43.9 Å². The summed E-state index contributed by atoms with van der Waals surface area (Å²) in [5, 5.41) is 3.19. The summed E-state index contributed by atoms with van der Waals surface area (Å²) in [6.45, 7) is 16.5. The predicted molar refractivity (Wildman–Crippen MR) is 155 cm³/mol. The SMILES string of the molecule is C=C(NCC(=O)N1CCC(CCCCc2ccccc2)C1)c1ccc(C)c(OC)c1.CC.CCCC. The lowest BCUT2D eigenvalue weighted by atomic mass is 9.99. The summed E-state index contributed by atoms with van der Waals surface area (Å²) in [6, 6.07) is 16.6. The number of benzene rings is 2. The number of hydrogen-bond acceptors (Lipinski definition) is 3. The molecule has 3 rings (SSSR count). The van der Waals surface area contributed by atoms with Gasteiger partial charge in [-0.1, -0.05) is 96.0 Å². The van der Waals surface area contributed by atoms with Crippen LogP contribution in [-0.4, -0.2) is 37.6 Å². The van der Waals surface area contributed by atoms with Gasteiger partial charge < -0.3 is 15.0 Å². The summed E-state index contributed by atoms with van der Waals surface area (Å²) in [5.74, 6) is 1.62. The molecule has 1 amide bonds. The van der Waals surface area contributed by atoms with Crippen LogP contribution in [0.25, 0.3) is 5.70 Å². The Morgan fingerprint density at radius 1 is 1.08 bits per heavy atom. The Balaban J connectivity index is 0.000000982. The van der Waals surface area contributed by atoms with Crippen LogP contribution < -0.4 is 10.1 Å². The van der Waals surface area contributed by atoms with Gasteiger partial charge in [0.2, 0.25) is 5.91 Å². The van der Waals surface area contributed by atoms with E-state index in [9.17, 15) is 4.79 Å². The van der Waals surface area contributed by atoms with Crippen molar-refractivity contribution in [2.24, 2.45) is 5.92 Å². The molecule has 1 aliphatic heterocycles. The molecular formula is C32H50N2O2. The number of likely N-dealkylation sites (tertiary alicyclic amines) is 1. The quantitative estimate of drug-likeness (QED) is 0.326. The average molecular weight is 495 g/mol. The smallest absolute Gasteiger partial charge is 0.241 e. The molecule has 1 aliphatic rings. The minimum absolute atomic E-state index is 0.155. The molecule has 1 heterocycles. The number of rotatable bonds is 11. The van der Waals surface area contributed by atoms with Crippen LogP contribution >= 0.6 is 0 Å². The van der Waals surface area contributed by atoms with E-state index >= 15 is 0 Å². The maximum Gasteiger partial charge on any atom is 0.241 e. The lowest BCUT2D eigenvalue weighted by Crippen LogP contribution is -2.36. The summed E-state index contributed by atoms with van der Waals surface area (Å²) in [6.07, 6.45) is 8.56. The van der Waals surface area contributed by atoms with Crippen molar-refractivity contribution in [3.05, 3.63) is 71.8 Å². The first-order valence-corrected chi connectivity index (χ1v) is 13.9. The number of aryl methyl sites for hydroxylation is 2. The molecule has 4 heteroatoms. The van der Waals surface area contributed by atoms with Gasteiger partial charge in [-0.05, 0) is 55.7 Å². The van der Waals surface area contributed by atoms with Gasteiger partial charge in [0.1, 0.15) is 5.75 Å². The van der Waals surface area contributed by atoms with E-state index in [4.69, 9.17) is 4.74 Å². The van der Waals surface area contributed by atoms with Crippen LogP contribution in [0.4, 0.5) is 0 Å². The highest BCUT2D eigenvalue weighted by molar-refractivity contribution is 5.80. The Hall–Kier alpha value is -2.75. The Morgan fingerprint density at radius 3 is 2.42 bits per heavy atom.